The van der Waals surface area contributed by atoms with E-state index in [1.807, 2.05) is 74.5 Å². The van der Waals surface area contributed by atoms with E-state index in [9.17, 15) is 4.79 Å². The maximum atomic E-state index is 12.5. The quantitative estimate of drug-likeness (QED) is 0.162. The number of fused-ring (bicyclic) bond motifs is 1. The Bertz CT molecular complexity index is 1110. The molecule has 3 rings (SSSR count). The van der Waals surface area contributed by atoms with Gasteiger partial charge in [0.05, 0.1) is 11.2 Å². The summed E-state index contributed by atoms with van der Waals surface area (Å²) in [6.45, 7) is 5.67. The number of thiocarbonyl (C=S) groups is 1. The molecule has 11 heteroatoms. The van der Waals surface area contributed by atoms with E-state index in [2.05, 4.69) is 20.9 Å². The van der Waals surface area contributed by atoms with Gasteiger partial charge in [0, 0.05) is 37.3 Å². The van der Waals surface area contributed by atoms with Crippen LogP contribution in [0.15, 0.2) is 66.9 Å². The molecule has 0 spiro atoms. The van der Waals surface area contributed by atoms with E-state index in [0.717, 1.165) is 29.7 Å². The number of para-hydroxylation sites is 1. The third-order valence-electron chi connectivity index (χ3n) is 4.83. The summed E-state index contributed by atoms with van der Waals surface area (Å²) in [7, 11) is 0. The summed E-state index contributed by atoms with van der Waals surface area (Å²) in [6.07, 6.45) is 0.608. The van der Waals surface area contributed by atoms with E-state index in [4.69, 9.17) is 57.5 Å². The van der Waals surface area contributed by atoms with Crippen molar-refractivity contribution >= 4 is 74.6 Å². The molecule has 1 aromatic heterocycles. The van der Waals surface area contributed by atoms with Gasteiger partial charge in [0.1, 0.15) is 6.17 Å². The fourth-order valence-corrected chi connectivity index (χ4v) is 3.69. The van der Waals surface area contributed by atoms with Gasteiger partial charge in [-0.3, -0.25) is 9.78 Å². The SMILES string of the molecule is CCOCC.NC(CC(=O)NC(NC(=S)Nc1cccc2cccnc12)C(Cl)(Cl)Cl)c1ccccc1. The Morgan fingerprint density at radius 1 is 1.03 bits per heavy atom. The van der Waals surface area contributed by atoms with Gasteiger partial charge in [-0.2, -0.15) is 0 Å². The van der Waals surface area contributed by atoms with Crippen molar-refractivity contribution < 1.29 is 9.53 Å². The van der Waals surface area contributed by atoms with Crippen molar-refractivity contribution in [2.75, 3.05) is 18.5 Å². The smallest absolute Gasteiger partial charge is 0.228 e. The zero-order valence-corrected chi connectivity index (χ0v) is 23.1. The van der Waals surface area contributed by atoms with E-state index in [1.165, 1.54) is 0 Å². The summed E-state index contributed by atoms with van der Waals surface area (Å²) in [5.74, 6) is -0.394. The van der Waals surface area contributed by atoms with E-state index in [-0.39, 0.29) is 11.5 Å². The van der Waals surface area contributed by atoms with Gasteiger partial charge in [-0.05, 0) is 43.8 Å². The molecule has 1 heterocycles. The van der Waals surface area contributed by atoms with Gasteiger partial charge in [0.25, 0.3) is 0 Å². The van der Waals surface area contributed by atoms with Crippen LogP contribution in [0, 0.1) is 0 Å². The normalized spacial score (nSPS) is 12.6. The lowest BCUT2D eigenvalue weighted by atomic mass is 10.0. The Kier molecular flexibility index (Phi) is 12.6. The van der Waals surface area contributed by atoms with Crippen LogP contribution in [0.25, 0.3) is 10.9 Å². The second-order valence-corrected chi connectivity index (χ2v) is 10.3. The number of amides is 1. The van der Waals surface area contributed by atoms with Crippen LogP contribution in [0.5, 0.6) is 0 Å². The van der Waals surface area contributed by atoms with Gasteiger partial charge in [-0.25, -0.2) is 0 Å². The first-order chi connectivity index (χ1) is 17.2. The van der Waals surface area contributed by atoms with Crippen molar-refractivity contribution in [3.05, 3.63) is 72.4 Å². The van der Waals surface area contributed by atoms with Gasteiger partial charge in [0.2, 0.25) is 9.70 Å². The van der Waals surface area contributed by atoms with Crippen LogP contribution in [-0.4, -0.2) is 39.2 Å². The highest BCUT2D eigenvalue weighted by molar-refractivity contribution is 7.80. The van der Waals surface area contributed by atoms with Crippen LogP contribution in [-0.2, 0) is 9.53 Å². The second kappa shape index (κ2) is 15.1. The summed E-state index contributed by atoms with van der Waals surface area (Å²) in [5.41, 5.74) is 8.35. The minimum atomic E-state index is -1.87. The standard InChI is InChI=1S/C21H20Cl3N5OS.C4H10O/c22-21(23,24)19(28-17(30)12-15(25)13-6-2-1-3-7-13)29-20(31)27-16-10-4-8-14-9-5-11-26-18(14)16;1-3-5-4-2/h1-11,15,19H,12,25H2,(H,28,30)(H2,27,29,31);3-4H2,1-2H3. The van der Waals surface area contributed by atoms with Crippen molar-refractivity contribution in [3.63, 3.8) is 0 Å². The molecule has 0 aliphatic heterocycles. The highest BCUT2D eigenvalue weighted by Gasteiger charge is 2.35. The molecule has 0 fully saturated rings. The van der Waals surface area contributed by atoms with Crippen LogP contribution in [0.2, 0.25) is 0 Å². The van der Waals surface area contributed by atoms with Crippen molar-refractivity contribution in [1.82, 2.24) is 15.6 Å². The van der Waals surface area contributed by atoms with Gasteiger partial charge in [-0.1, -0.05) is 83.3 Å². The van der Waals surface area contributed by atoms with Gasteiger partial charge in [0.15, 0.2) is 5.11 Å². The zero-order valence-electron chi connectivity index (χ0n) is 20.0. The van der Waals surface area contributed by atoms with Crippen molar-refractivity contribution in [2.24, 2.45) is 5.73 Å². The first kappa shape index (κ1) is 30.0. The average Bonchev–Trinajstić information content (AvgIpc) is 2.85. The third kappa shape index (κ3) is 10.0. The fraction of sp³-hybridized carbons (Fsp3) is 0.320. The number of carbonyl (C=O) groups is 1. The van der Waals surface area contributed by atoms with Crippen LogP contribution >= 0.6 is 47.0 Å². The van der Waals surface area contributed by atoms with Gasteiger partial charge < -0.3 is 26.4 Å². The number of pyridine rings is 1. The molecule has 194 valence electrons. The Morgan fingerprint density at radius 3 is 2.31 bits per heavy atom. The van der Waals surface area contributed by atoms with E-state index in [0.29, 0.717) is 5.69 Å². The minimum Gasteiger partial charge on any atom is -0.382 e. The lowest BCUT2D eigenvalue weighted by molar-refractivity contribution is -0.122. The van der Waals surface area contributed by atoms with E-state index >= 15 is 0 Å². The van der Waals surface area contributed by atoms with Crippen molar-refractivity contribution in [1.29, 1.82) is 0 Å². The molecule has 2 unspecified atom stereocenters. The highest BCUT2D eigenvalue weighted by Crippen LogP contribution is 2.29. The highest BCUT2D eigenvalue weighted by atomic mass is 35.6. The first-order valence-corrected chi connectivity index (χ1v) is 12.9. The maximum absolute atomic E-state index is 12.5. The molecule has 0 radical (unpaired) electrons. The molecule has 0 bridgehead atoms. The summed E-state index contributed by atoms with van der Waals surface area (Å²) in [5, 5.41) is 9.61. The molecule has 3 aromatic rings. The van der Waals surface area contributed by atoms with Crippen LogP contribution in [0.3, 0.4) is 0 Å². The molecule has 2 aromatic carbocycles. The predicted molar refractivity (Wildman–Crippen MR) is 153 cm³/mol. The number of hydrogen-bond acceptors (Lipinski definition) is 5. The average molecular weight is 571 g/mol. The van der Waals surface area contributed by atoms with Gasteiger partial charge in [-0.15, -0.1) is 0 Å². The number of nitrogens with two attached hydrogens (primary N) is 1. The van der Waals surface area contributed by atoms with Crippen molar-refractivity contribution in [3.8, 4) is 0 Å². The Hall–Kier alpha value is -2.20. The number of hydrogen-bond donors (Lipinski definition) is 4. The lowest BCUT2D eigenvalue weighted by Crippen LogP contribution is -2.56. The zero-order chi connectivity index (χ0) is 26.6. The van der Waals surface area contributed by atoms with Gasteiger partial charge >= 0.3 is 0 Å². The summed E-state index contributed by atoms with van der Waals surface area (Å²) in [4.78, 5) is 16.9. The number of alkyl halides is 3. The number of rotatable bonds is 8. The maximum Gasteiger partial charge on any atom is 0.228 e. The monoisotopic (exact) mass is 569 g/mol. The second-order valence-electron chi connectivity index (χ2n) is 7.52. The molecule has 36 heavy (non-hydrogen) atoms. The summed E-state index contributed by atoms with van der Waals surface area (Å²) >= 11 is 23.5. The molecule has 2 atom stereocenters. The lowest BCUT2D eigenvalue weighted by Gasteiger charge is -2.28. The molecule has 7 nitrogen and oxygen atoms in total. The predicted octanol–water partition coefficient (Wildman–Crippen LogP) is 5.47. The summed E-state index contributed by atoms with van der Waals surface area (Å²) in [6, 6.07) is 18.2. The number of anilines is 1. The molecule has 5 N–H and O–H groups in total. The number of benzene rings is 2. The molecule has 0 saturated carbocycles. The fourth-order valence-electron chi connectivity index (χ4n) is 3.14. The number of carbonyl (C=O) groups excluding carboxylic acids is 1. The summed E-state index contributed by atoms with van der Waals surface area (Å²) < 4.78 is 2.97. The molecule has 0 aliphatic rings. The minimum absolute atomic E-state index is 0.0103. The number of nitrogens with zero attached hydrogens (tertiary/aromatic N) is 1. The third-order valence-corrected chi connectivity index (χ3v) is 5.70. The molecule has 1 amide bonds. The van der Waals surface area contributed by atoms with Crippen LogP contribution in [0.4, 0.5) is 5.69 Å². The molecule has 0 saturated heterocycles. The Morgan fingerprint density at radius 2 is 1.69 bits per heavy atom. The van der Waals surface area contributed by atoms with Crippen molar-refractivity contribution in [2.45, 2.75) is 36.3 Å². The number of aromatic nitrogens is 1. The molecule has 0 aliphatic carbocycles. The van der Waals surface area contributed by atoms with E-state index < -0.39 is 21.9 Å². The van der Waals surface area contributed by atoms with Crippen LogP contribution in [0.1, 0.15) is 31.9 Å². The number of ether oxygens (including phenoxy) is 1. The Labute approximate surface area is 232 Å². The largest absolute Gasteiger partial charge is 0.382 e. The van der Waals surface area contributed by atoms with Crippen LogP contribution < -0.4 is 21.7 Å². The Balaban J connectivity index is 0.000000830. The van der Waals surface area contributed by atoms with E-state index in [1.54, 1.807) is 6.20 Å². The topological polar surface area (TPSA) is 101 Å². The first-order valence-electron chi connectivity index (χ1n) is 11.3. The number of nitrogens with one attached hydrogen (secondary N) is 3. The molecular weight excluding hydrogens is 541 g/mol. The molecular formula is C25H30Cl3N5O2S. The number of halogens is 3.